The van der Waals surface area contributed by atoms with Crippen LogP contribution in [0.5, 0.6) is 0 Å². The Morgan fingerprint density at radius 3 is 2.00 bits per heavy atom. The lowest BCUT2D eigenvalue weighted by Gasteiger charge is -2.42. The highest BCUT2D eigenvalue weighted by Gasteiger charge is 2.37. The van der Waals surface area contributed by atoms with Crippen LogP contribution in [0.4, 0.5) is 0 Å². The summed E-state index contributed by atoms with van der Waals surface area (Å²) in [5.41, 5.74) is 2.05. The molecule has 0 radical (unpaired) electrons. The van der Waals surface area contributed by atoms with E-state index in [0.717, 1.165) is 0 Å². The molecule has 0 nitrogen and oxygen atoms in total. The van der Waals surface area contributed by atoms with Crippen LogP contribution in [0.3, 0.4) is 0 Å². The molecule has 0 aliphatic heterocycles. The van der Waals surface area contributed by atoms with Crippen LogP contribution >= 0.6 is 0 Å². The standard InChI is InChI=1S/C17H28/c1-6-7-11-14-16(2,3)17(4,5)15-12-9-8-10-13-15/h8-10,12-13H,6-7,11,14H2,1-5H3. The minimum atomic E-state index is 0.238. The number of hydrogen-bond acceptors (Lipinski definition) is 0. The average molecular weight is 232 g/mol. The van der Waals surface area contributed by atoms with Crippen LogP contribution in [-0.2, 0) is 5.41 Å². The zero-order chi connectivity index (χ0) is 12.9. The molecule has 0 heterocycles. The van der Waals surface area contributed by atoms with Gasteiger partial charge in [-0.2, -0.15) is 0 Å². The van der Waals surface area contributed by atoms with E-state index in [9.17, 15) is 0 Å². The first-order chi connectivity index (χ1) is 7.92. The lowest BCUT2D eigenvalue weighted by atomic mass is 9.62. The molecule has 1 aromatic carbocycles. The van der Waals surface area contributed by atoms with Gasteiger partial charge in [0.15, 0.2) is 0 Å². The van der Waals surface area contributed by atoms with E-state index in [1.165, 1.54) is 31.2 Å². The molecule has 0 bridgehead atoms. The summed E-state index contributed by atoms with van der Waals surface area (Å²) in [4.78, 5) is 0. The molecule has 1 aromatic rings. The fourth-order valence-electron chi connectivity index (χ4n) is 2.37. The summed E-state index contributed by atoms with van der Waals surface area (Å²) in [5, 5.41) is 0. The predicted octanol–water partition coefficient (Wildman–Crippen LogP) is 5.57. The molecule has 0 aliphatic carbocycles. The Balaban J connectivity index is 2.81. The number of hydrogen-bond donors (Lipinski definition) is 0. The monoisotopic (exact) mass is 232 g/mol. The molecule has 0 fully saturated rings. The Morgan fingerprint density at radius 1 is 0.882 bits per heavy atom. The number of benzene rings is 1. The molecular formula is C17H28. The number of rotatable bonds is 6. The van der Waals surface area contributed by atoms with Crippen molar-refractivity contribution in [2.45, 2.75) is 65.7 Å². The molecule has 0 saturated heterocycles. The molecule has 0 spiro atoms. The van der Waals surface area contributed by atoms with Gasteiger partial charge in [0, 0.05) is 0 Å². The summed E-state index contributed by atoms with van der Waals surface area (Å²) in [5.74, 6) is 0. The predicted molar refractivity (Wildman–Crippen MR) is 77.4 cm³/mol. The van der Waals surface area contributed by atoms with Crippen molar-refractivity contribution in [1.29, 1.82) is 0 Å². The van der Waals surface area contributed by atoms with Crippen LogP contribution in [0, 0.1) is 5.41 Å². The van der Waals surface area contributed by atoms with Crippen LogP contribution < -0.4 is 0 Å². The minimum Gasteiger partial charge on any atom is -0.0654 e. The Hall–Kier alpha value is -0.780. The fourth-order valence-corrected chi connectivity index (χ4v) is 2.37. The molecule has 0 N–H and O–H groups in total. The van der Waals surface area contributed by atoms with Crippen LogP contribution in [0.1, 0.15) is 65.9 Å². The zero-order valence-corrected chi connectivity index (χ0v) is 12.2. The normalized spacial score (nSPS) is 12.8. The van der Waals surface area contributed by atoms with E-state index in [1.807, 2.05) is 0 Å². The van der Waals surface area contributed by atoms with Gasteiger partial charge < -0.3 is 0 Å². The maximum Gasteiger partial charge on any atom is -0.00524 e. The van der Waals surface area contributed by atoms with Gasteiger partial charge in [-0.3, -0.25) is 0 Å². The molecule has 0 unspecified atom stereocenters. The van der Waals surface area contributed by atoms with Gasteiger partial charge in [0.1, 0.15) is 0 Å². The van der Waals surface area contributed by atoms with Crippen molar-refractivity contribution in [3.8, 4) is 0 Å². The summed E-state index contributed by atoms with van der Waals surface area (Å²) in [7, 11) is 0. The molecule has 0 saturated carbocycles. The van der Waals surface area contributed by atoms with E-state index >= 15 is 0 Å². The molecule has 0 heteroatoms. The first-order valence-corrected chi connectivity index (χ1v) is 6.97. The Kier molecular flexibility index (Phi) is 4.80. The first-order valence-electron chi connectivity index (χ1n) is 6.97. The van der Waals surface area contributed by atoms with E-state index in [0.29, 0.717) is 5.41 Å². The first kappa shape index (κ1) is 14.3. The van der Waals surface area contributed by atoms with E-state index < -0.39 is 0 Å². The van der Waals surface area contributed by atoms with Crippen LogP contribution in [0.15, 0.2) is 30.3 Å². The molecule has 1 rings (SSSR count). The molecule has 0 atom stereocenters. The van der Waals surface area contributed by atoms with Crippen molar-refractivity contribution in [2.24, 2.45) is 5.41 Å². The fraction of sp³-hybridized carbons (Fsp3) is 0.647. The number of unbranched alkanes of at least 4 members (excludes halogenated alkanes) is 2. The third kappa shape index (κ3) is 3.34. The minimum absolute atomic E-state index is 0.238. The second-order valence-electron chi connectivity index (χ2n) is 6.33. The summed E-state index contributed by atoms with van der Waals surface area (Å²) in [6.45, 7) is 11.9. The van der Waals surface area contributed by atoms with E-state index in [4.69, 9.17) is 0 Å². The highest BCUT2D eigenvalue weighted by atomic mass is 14.4. The maximum atomic E-state index is 2.41. The Morgan fingerprint density at radius 2 is 1.47 bits per heavy atom. The van der Waals surface area contributed by atoms with Gasteiger partial charge in [0.25, 0.3) is 0 Å². The van der Waals surface area contributed by atoms with Crippen LogP contribution in [0.25, 0.3) is 0 Å². The summed E-state index contributed by atoms with van der Waals surface area (Å²) in [6.07, 6.45) is 5.32. The average Bonchev–Trinajstić information content (AvgIpc) is 2.30. The topological polar surface area (TPSA) is 0 Å². The van der Waals surface area contributed by atoms with Crippen molar-refractivity contribution in [3.63, 3.8) is 0 Å². The van der Waals surface area contributed by atoms with Crippen molar-refractivity contribution in [2.75, 3.05) is 0 Å². The molecular weight excluding hydrogens is 204 g/mol. The van der Waals surface area contributed by atoms with E-state index in [2.05, 4.69) is 65.0 Å². The quantitative estimate of drug-likeness (QED) is 0.562. The molecule has 0 aliphatic rings. The van der Waals surface area contributed by atoms with Gasteiger partial charge in [0.05, 0.1) is 0 Å². The lowest BCUT2D eigenvalue weighted by molar-refractivity contribution is 0.175. The second kappa shape index (κ2) is 5.71. The third-order valence-corrected chi connectivity index (χ3v) is 4.59. The SMILES string of the molecule is CCCCCC(C)(C)C(C)(C)c1ccccc1. The zero-order valence-electron chi connectivity index (χ0n) is 12.2. The smallest absolute Gasteiger partial charge is 0.00524 e. The lowest BCUT2D eigenvalue weighted by Crippen LogP contribution is -2.36. The Bertz CT molecular complexity index is 319. The maximum absolute atomic E-state index is 2.41. The summed E-state index contributed by atoms with van der Waals surface area (Å²) >= 11 is 0. The van der Waals surface area contributed by atoms with Gasteiger partial charge in [-0.1, -0.05) is 84.2 Å². The van der Waals surface area contributed by atoms with Crippen molar-refractivity contribution >= 4 is 0 Å². The summed E-state index contributed by atoms with van der Waals surface area (Å²) in [6, 6.07) is 10.9. The molecule has 96 valence electrons. The highest BCUT2D eigenvalue weighted by Crippen LogP contribution is 2.44. The van der Waals surface area contributed by atoms with Gasteiger partial charge in [-0.15, -0.1) is 0 Å². The largest absolute Gasteiger partial charge is 0.0654 e. The van der Waals surface area contributed by atoms with Gasteiger partial charge in [-0.25, -0.2) is 0 Å². The van der Waals surface area contributed by atoms with Crippen molar-refractivity contribution < 1.29 is 0 Å². The van der Waals surface area contributed by atoms with Crippen LogP contribution in [0.2, 0.25) is 0 Å². The van der Waals surface area contributed by atoms with Crippen molar-refractivity contribution in [1.82, 2.24) is 0 Å². The van der Waals surface area contributed by atoms with Gasteiger partial charge in [-0.05, 0) is 22.8 Å². The van der Waals surface area contributed by atoms with Crippen LogP contribution in [-0.4, -0.2) is 0 Å². The third-order valence-electron chi connectivity index (χ3n) is 4.59. The molecule has 0 amide bonds. The highest BCUT2D eigenvalue weighted by molar-refractivity contribution is 5.26. The second-order valence-corrected chi connectivity index (χ2v) is 6.33. The van der Waals surface area contributed by atoms with E-state index in [1.54, 1.807) is 0 Å². The van der Waals surface area contributed by atoms with E-state index in [-0.39, 0.29) is 5.41 Å². The Labute approximate surface area is 107 Å². The summed E-state index contributed by atoms with van der Waals surface area (Å²) < 4.78 is 0. The van der Waals surface area contributed by atoms with Gasteiger partial charge in [0.2, 0.25) is 0 Å². The van der Waals surface area contributed by atoms with Gasteiger partial charge >= 0.3 is 0 Å². The molecule has 17 heavy (non-hydrogen) atoms. The molecule has 0 aromatic heterocycles. The van der Waals surface area contributed by atoms with Crippen molar-refractivity contribution in [3.05, 3.63) is 35.9 Å².